The van der Waals surface area contributed by atoms with E-state index in [0.29, 0.717) is 5.92 Å². The molecule has 0 bridgehead atoms. The molecule has 166 valence electrons. The number of hydrogen-bond acceptors (Lipinski definition) is 2. The van der Waals surface area contributed by atoms with E-state index in [2.05, 4.69) is 93.7 Å². The molecule has 0 amide bonds. The van der Waals surface area contributed by atoms with Crippen molar-refractivity contribution in [3.05, 3.63) is 94.1 Å². The lowest BCUT2D eigenvalue weighted by Crippen LogP contribution is -2.33. The molecular weight excluding hydrogens is 376 g/mol. The number of allylic oxidation sites excluding steroid dienone is 4. The number of rotatable bonds is 11. The molecule has 1 aliphatic rings. The molecule has 2 aromatic carbocycles. The Morgan fingerprint density at radius 1 is 0.710 bits per heavy atom. The van der Waals surface area contributed by atoms with Crippen LogP contribution in [0.2, 0.25) is 0 Å². The van der Waals surface area contributed by atoms with Crippen LogP contribution in [0.4, 0.5) is 0 Å². The van der Waals surface area contributed by atoms with Crippen LogP contribution < -0.4 is 11.1 Å². The van der Waals surface area contributed by atoms with Crippen molar-refractivity contribution in [2.24, 2.45) is 11.7 Å². The normalized spacial score (nSPS) is 16.8. The summed E-state index contributed by atoms with van der Waals surface area (Å²) in [6.45, 7) is 10.3. The smallest absolute Gasteiger partial charge is 0.0516 e. The lowest BCUT2D eigenvalue weighted by molar-refractivity contribution is 0.433. The predicted molar refractivity (Wildman–Crippen MR) is 134 cm³/mol. The third kappa shape index (κ3) is 5.19. The number of hydrogen-bond donors (Lipinski definition) is 2. The van der Waals surface area contributed by atoms with Crippen molar-refractivity contribution in [3.63, 3.8) is 0 Å². The first-order valence-corrected chi connectivity index (χ1v) is 12.2. The van der Waals surface area contributed by atoms with Crippen molar-refractivity contribution in [1.29, 1.82) is 0 Å². The van der Waals surface area contributed by atoms with Gasteiger partial charge in [-0.2, -0.15) is 0 Å². The van der Waals surface area contributed by atoms with E-state index in [1.165, 1.54) is 11.1 Å². The second-order valence-electron chi connectivity index (χ2n) is 8.54. The van der Waals surface area contributed by atoms with Crippen molar-refractivity contribution in [2.75, 3.05) is 6.54 Å². The zero-order valence-corrected chi connectivity index (χ0v) is 19.8. The average molecular weight is 417 g/mol. The Morgan fingerprint density at radius 3 is 1.65 bits per heavy atom. The summed E-state index contributed by atoms with van der Waals surface area (Å²) in [6.07, 6.45) is 5.78. The van der Waals surface area contributed by atoms with Crippen LogP contribution in [0.15, 0.2) is 83.0 Å². The van der Waals surface area contributed by atoms with Crippen LogP contribution in [0.5, 0.6) is 0 Å². The molecule has 0 radical (unpaired) electrons. The molecule has 0 saturated carbocycles. The zero-order chi connectivity index (χ0) is 22.2. The Kier molecular flexibility index (Phi) is 8.69. The second kappa shape index (κ2) is 11.5. The maximum atomic E-state index is 6.78. The van der Waals surface area contributed by atoms with Gasteiger partial charge < -0.3 is 11.1 Å². The minimum Gasteiger partial charge on any atom is -0.322 e. The fourth-order valence-electron chi connectivity index (χ4n) is 5.53. The van der Waals surface area contributed by atoms with Gasteiger partial charge in [-0.05, 0) is 60.9 Å². The van der Waals surface area contributed by atoms with Gasteiger partial charge in [-0.15, -0.1) is 0 Å². The van der Waals surface area contributed by atoms with E-state index in [4.69, 9.17) is 5.73 Å². The van der Waals surface area contributed by atoms with Gasteiger partial charge in [-0.25, -0.2) is 0 Å². The van der Waals surface area contributed by atoms with Crippen molar-refractivity contribution in [3.8, 4) is 0 Å². The Morgan fingerprint density at radius 2 is 1.19 bits per heavy atom. The molecule has 0 aliphatic heterocycles. The first kappa shape index (κ1) is 23.5. The zero-order valence-electron chi connectivity index (χ0n) is 19.8. The van der Waals surface area contributed by atoms with Crippen LogP contribution in [0.3, 0.4) is 0 Å². The monoisotopic (exact) mass is 416 g/mol. The van der Waals surface area contributed by atoms with Gasteiger partial charge >= 0.3 is 0 Å². The second-order valence-corrected chi connectivity index (χ2v) is 8.54. The molecule has 1 aliphatic carbocycles. The Balaban J connectivity index is 1.79. The average Bonchev–Trinajstić information content (AvgIpc) is 3.14. The molecule has 2 nitrogen and oxygen atoms in total. The SMILES string of the molecule is CCC1=C(CC)C(CCN[C@@H](c2ccccc2)[C@@H](N)c2ccccc2)C(CC)=C1CC. The van der Waals surface area contributed by atoms with Crippen molar-refractivity contribution >= 4 is 0 Å². The van der Waals surface area contributed by atoms with Gasteiger partial charge in [0.05, 0.1) is 6.04 Å². The van der Waals surface area contributed by atoms with Crippen LogP contribution in [0, 0.1) is 5.92 Å². The van der Waals surface area contributed by atoms with Gasteiger partial charge in [-0.1, -0.05) is 99.5 Å². The third-order valence-corrected chi connectivity index (χ3v) is 6.95. The van der Waals surface area contributed by atoms with Gasteiger partial charge in [0.1, 0.15) is 0 Å². The van der Waals surface area contributed by atoms with Crippen LogP contribution in [0.25, 0.3) is 0 Å². The van der Waals surface area contributed by atoms with Crippen LogP contribution >= 0.6 is 0 Å². The highest BCUT2D eigenvalue weighted by Gasteiger charge is 2.30. The summed E-state index contributed by atoms with van der Waals surface area (Å²) in [5.41, 5.74) is 15.9. The summed E-state index contributed by atoms with van der Waals surface area (Å²) < 4.78 is 0. The Bertz CT molecular complexity index is 851. The van der Waals surface area contributed by atoms with Crippen molar-refractivity contribution < 1.29 is 0 Å². The van der Waals surface area contributed by atoms with Crippen molar-refractivity contribution in [1.82, 2.24) is 5.32 Å². The van der Waals surface area contributed by atoms with Gasteiger partial charge in [0.15, 0.2) is 0 Å². The highest BCUT2D eigenvalue weighted by atomic mass is 15.0. The molecule has 2 atom stereocenters. The highest BCUT2D eigenvalue weighted by Crippen LogP contribution is 2.44. The minimum atomic E-state index is -0.0769. The van der Waals surface area contributed by atoms with E-state index >= 15 is 0 Å². The van der Waals surface area contributed by atoms with Gasteiger partial charge in [0.25, 0.3) is 0 Å². The van der Waals surface area contributed by atoms with E-state index in [9.17, 15) is 0 Å². The number of benzene rings is 2. The number of nitrogens with two attached hydrogens (primary N) is 1. The maximum absolute atomic E-state index is 6.78. The van der Waals surface area contributed by atoms with Crippen LogP contribution in [-0.2, 0) is 0 Å². The molecule has 2 heteroatoms. The highest BCUT2D eigenvalue weighted by molar-refractivity contribution is 5.49. The molecule has 31 heavy (non-hydrogen) atoms. The fraction of sp³-hybridized carbons (Fsp3) is 0.448. The lowest BCUT2D eigenvalue weighted by atomic mass is 9.87. The summed E-state index contributed by atoms with van der Waals surface area (Å²) >= 11 is 0. The molecule has 0 saturated heterocycles. The van der Waals surface area contributed by atoms with Gasteiger partial charge in [-0.3, -0.25) is 0 Å². The summed E-state index contributed by atoms with van der Waals surface area (Å²) in [5, 5.41) is 3.85. The predicted octanol–water partition coefficient (Wildman–Crippen LogP) is 7.27. The Hall–Kier alpha value is -2.16. The third-order valence-electron chi connectivity index (χ3n) is 6.95. The molecular formula is C29H40N2. The molecule has 3 N–H and O–H groups in total. The molecule has 0 aromatic heterocycles. The maximum Gasteiger partial charge on any atom is 0.0516 e. The first-order chi connectivity index (χ1) is 15.2. The van der Waals surface area contributed by atoms with Crippen LogP contribution in [-0.4, -0.2) is 6.54 Å². The summed E-state index contributed by atoms with van der Waals surface area (Å²) in [7, 11) is 0. The molecule has 2 aromatic rings. The largest absolute Gasteiger partial charge is 0.322 e. The van der Waals surface area contributed by atoms with E-state index in [-0.39, 0.29) is 12.1 Å². The van der Waals surface area contributed by atoms with E-state index in [1.54, 1.807) is 22.3 Å². The van der Waals surface area contributed by atoms with Gasteiger partial charge in [0, 0.05) is 12.0 Å². The quantitative estimate of drug-likeness (QED) is 0.404. The minimum absolute atomic E-state index is 0.0769. The molecule has 0 heterocycles. The number of nitrogens with one attached hydrogen (secondary N) is 1. The van der Waals surface area contributed by atoms with E-state index < -0.39 is 0 Å². The molecule has 0 spiro atoms. The summed E-state index contributed by atoms with van der Waals surface area (Å²) in [5.74, 6) is 0.594. The first-order valence-electron chi connectivity index (χ1n) is 12.2. The van der Waals surface area contributed by atoms with E-state index in [1.807, 2.05) is 0 Å². The molecule has 0 unspecified atom stereocenters. The summed E-state index contributed by atoms with van der Waals surface area (Å²) in [6, 6.07) is 21.2. The lowest BCUT2D eigenvalue weighted by Gasteiger charge is -2.27. The van der Waals surface area contributed by atoms with Crippen molar-refractivity contribution in [2.45, 2.75) is 71.9 Å². The standard InChI is InChI=1S/C29H40N2/c1-5-23-24(6-2)26(8-4)27(25(23)7-3)19-20-31-29(22-17-13-10-14-18-22)28(30)21-15-11-9-12-16-21/h9-18,27-29,31H,5-8,19-20,30H2,1-4H3/t28-,29-/m0/s1. The fourth-order valence-corrected chi connectivity index (χ4v) is 5.53. The molecule has 0 fully saturated rings. The molecule has 3 rings (SSSR count). The van der Waals surface area contributed by atoms with Crippen LogP contribution in [0.1, 0.15) is 83.0 Å². The van der Waals surface area contributed by atoms with E-state index in [0.717, 1.165) is 38.6 Å². The Labute approximate surface area is 189 Å². The topological polar surface area (TPSA) is 38.0 Å². The van der Waals surface area contributed by atoms with Gasteiger partial charge in [0.2, 0.25) is 0 Å². The summed E-state index contributed by atoms with van der Waals surface area (Å²) in [4.78, 5) is 0.